The van der Waals surface area contributed by atoms with E-state index in [9.17, 15) is 9.59 Å². The molecule has 3 aromatic rings. The molecule has 0 fully saturated rings. The van der Waals surface area contributed by atoms with Crippen LogP contribution in [0, 0.1) is 6.92 Å². The van der Waals surface area contributed by atoms with Gasteiger partial charge in [-0.05, 0) is 31.5 Å². The van der Waals surface area contributed by atoms with Gasteiger partial charge in [-0.2, -0.15) is 0 Å². The molecule has 0 aliphatic heterocycles. The minimum Gasteiger partial charge on any atom is -0.466 e. The first-order chi connectivity index (χ1) is 14.5. The Morgan fingerprint density at radius 1 is 1.07 bits per heavy atom. The molecule has 0 saturated heterocycles. The molecular formula is C22H24N4O3S. The summed E-state index contributed by atoms with van der Waals surface area (Å²) in [5, 5.41) is 11.8. The van der Waals surface area contributed by atoms with Crippen LogP contribution in [0.3, 0.4) is 0 Å². The zero-order chi connectivity index (χ0) is 21.3. The fourth-order valence-corrected chi connectivity index (χ4v) is 3.54. The Hall–Kier alpha value is -3.13. The van der Waals surface area contributed by atoms with Gasteiger partial charge in [0.15, 0.2) is 5.16 Å². The summed E-state index contributed by atoms with van der Waals surface area (Å²) in [6, 6.07) is 17.5. The van der Waals surface area contributed by atoms with E-state index in [-0.39, 0.29) is 24.1 Å². The molecule has 0 unspecified atom stereocenters. The van der Waals surface area contributed by atoms with Gasteiger partial charge in [-0.15, -0.1) is 10.2 Å². The number of rotatable bonds is 9. The summed E-state index contributed by atoms with van der Waals surface area (Å²) in [6.07, 6.45) is 0.0315. The van der Waals surface area contributed by atoms with E-state index in [1.54, 1.807) is 6.92 Å². The van der Waals surface area contributed by atoms with Crippen molar-refractivity contribution in [2.45, 2.75) is 32.0 Å². The lowest BCUT2D eigenvalue weighted by Gasteiger charge is -2.10. The van der Waals surface area contributed by atoms with E-state index in [1.807, 2.05) is 66.1 Å². The third kappa shape index (κ3) is 6.18. The second-order valence-electron chi connectivity index (χ2n) is 6.66. The topological polar surface area (TPSA) is 86.1 Å². The van der Waals surface area contributed by atoms with Crippen molar-refractivity contribution in [2.75, 3.05) is 17.7 Å². The lowest BCUT2D eigenvalue weighted by molar-refractivity contribution is -0.142. The second-order valence-corrected chi connectivity index (χ2v) is 7.60. The van der Waals surface area contributed by atoms with Gasteiger partial charge in [0, 0.05) is 5.69 Å². The highest BCUT2D eigenvalue weighted by molar-refractivity contribution is 7.99. The van der Waals surface area contributed by atoms with Gasteiger partial charge in [0.1, 0.15) is 12.2 Å². The number of aryl methyl sites for hydroxylation is 1. The first-order valence-electron chi connectivity index (χ1n) is 9.66. The number of anilines is 1. The Morgan fingerprint density at radius 2 is 1.80 bits per heavy atom. The molecule has 156 valence electrons. The summed E-state index contributed by atoms with van der Waals surface area (Å²) in [4.78, 5) is 24.3. The molecule has 0 aliphatic rings. The van der Waals surface area contributed by atoms with Crippen molar-refractivity contribution in [3.63, 3.8) is 0 Å². The summed E-state index contributed by atoms with van der Waals surface area (Å²) >= 11 is 1.28. The minimum absolute atomic E-state index is 0.0315. The molecule has 0 aliphatic carbocycles. The Bertz CT molecular complexity index is 987. The first-order valence-corrected chi connectivity index (χ1v) is 10.6. The molecule has 8 heteroatoms. The van der Waals surface area contributed by atoms with Crippen molar-refractivity contribution in [2.24, 2.45) is 0 Å². The zero-order valence-corrected chi connectivity index (χ0v) is 17.8. The molecule has 0 atom stereocenters. The number of hydrogen-bond donors (Lipinski definition) is 1. The van der Waals surface area contributed by atoms with Gasteiger partial charge < -0.3 is 14.6 Å². The van der Waals surface area contributed by atoms with Crippen LogP contribution in [0.1, 0.15) is 23.9 Å². The molecule has 1 amide bonds. The fourth-order valence-electron chi connectivity index (χ4n) is 2.79. The number of carbonyl (C=O) groups is 2. The van der Waals surface area contributed by atoms with E-state index in [0.29, 0.717) is 24.1 Å². The van der Waals surface area contributed by atoms with E-state index in [0.717, 1.165) is 16.8 Å². The van der Waals surface area contributed by atoms with E-state index in [2.05, 4.69) is 15.5 Å². The van der Waals surface area contributed by atoms with Crippen LogP contribution < -0.4 is 5.32 Å². The molecule has 2 aromatic carbocycles. The highest BCUT2D eigenvalue weighted by atomic mass is 32.2. The molecule has 1 aromatic heterocycles. The van der Waals surface area contributed by atoms with Crippen molar-refractivity contribution < 1.29 is 14.3 Å². The third-order valence-corrected chi connectivity index (χ3v) is 5.22. The van der Waals surface area contributed by atoms with Gasteiger partial charge in [0.05, 0.1) is 18.9 Å². The van der Waals surface area contributed by atoms with Crippen LogP contribution in [-0.4, -0.2) is 39.0 Å². The van der Waals surface area contributed by atoms with Crippen LogP contribution in [0.15, 0.2) is 59.8 Å². The molecule has 1 N–H and O–H groups in total. The lowest BCUT2D eigenvalue weighted by Crippen LogP contribution is -2.16. The molecule has 0 bridgehead atoms. The van der Waals surface area contributed by atoms with E-state index >= 15 is 0 Å². The van der Waals surface area contributed by atoms with Crippen LogP contribution in [0.4, 0.5) is 5.69 Å². The molecule has 0 spiro atoms. The molecule has 7 nitrogen and oxygen atoms in total. The monoisotopic (exact) mass is 424 g/mol. The highest BCUT2D eigenvalue weighted by Gasteiger charge is 2.18. The van der Waals surface area contributed by atoms with Gasteiger partial charge in [-0.25, -0.2) is 0 Å². The van der Waals surface area contributed by atoms with Crippen LogP contribution in [0.25, 0.3) is 0 Å². The van der Waals surface area contributed by atoms with Crippen molar-refractivity contribution in [3.05, 3.63) is 71.5 Å². The molecule has 0 radical (unpaired) electrons. The largest absolute Gasteiger partial charge is 0.466 e. The lowest BCUT2D eigenvalue weighted by atomic mass is 10.2. The summed E-state index contributed by atoms with van der Waals surface area (Å²) in [5.41, 5.74) is 2.93. The summed E-state index contributed by atoms with van der Waals surface area (Å²) in [5.74, 6) is 0.205. The SMILES string of the molecule is CCOC(=O)Cc1nnc(SCC(=O)Nc2ccc(C)cc2)n1Cc1ccccc1. The molecular weight excluding hydrogens is 400 g/mol. The van der Waals surface area contributed by atoms with Gasteiger partial charge in [0.2, 0.25) is 5.91 Å². The quantitative estimate of drug-likeness (QED) is 0.418. The maximum atomic E-state index is 12.3. The number of thioether (sulfide) groups is 1. The molecule has 30 heavy (non-hydrogen) atoms. The standard InChI is InChI=1S/C22H24N4O3S/c1-3-29-21(28)13-19-24-25-22(26(19)14-17-7-5-4-6-8-17)30-15-20(27)23-18-11-9-16(2)10-12-18/h4-12H,3,13-15H2,1-2H3,(H,23,27). The smallest absolute Gasteiger partial charge is 0.313 e. The zero-order valence-electron chi connectivity index (χ0n) is 17.0. The van der Waals surface area contributed by atoms with Crippen molar-refractivity contribution in [3.8, 4) is 0 Å². The predicted molar refractivity (Wildman–Crippen MR) is 116 cm³/mol. The Balaban J connectivity index is 1.70. The second kappa shape index (κ2) is 10.6. The van der Waals surface area contributed by atoms with E-state index in [1.165, 1.54) is 11.8 Å². The summed E-state index contributed by atoms with van der Waals surface area (Å²) in [6.45, 7) is 4.58. The van der Waals surface area contributed by atoms with Crippen LogP contribution >= 0.6 is 11.8 Å². The summed E-state index contributed by atoms with van der Waals surface area (Å²) in [7, 11) is 0. The summed E-state index contributed by atoms with van der Waals surface area (Å²) < 4.78 is 6.90. The predicted octanol–water partition coefficient (Wildman–Crippen LogP) is 3.47. The van der Waals surface area contributed by atoms with Gasteiger partial charge in [-0.3, -0.25) is 9.59 Å². The average molecular weight is 425 g/mol. The number of carbonyl (C=O) groups excluding carboxylic acids is 2. The number of nitrogens with one attached hydrogen (secondary N) is 1. The third-order valence-electron chi connectivity index (χ3n) is 4.25. The number of nitrogens with zero attached hydrogens (tertiary/aromatic N) is 3. The maximum absolute atomic E-state index is 12.3. The van der Waals surface area contributed by atoms with Gasteiger partial charge in [-0.1, -0.05) is 59.8 Å². The molecule has 1 heterocycles. The molecule has 0 saturated carbocycles. The maximum Gasteiger partial charge on any atom is 0.313 e. The highest BCUT2D eigenvalue weighted by Crippen LogP contribution is 2.20. The average Bonchev–Trinajstić information content (AvgIpc) is 3.10. The number of benzene rings is 2. The van der Waals surface area contributed by atoms with E-state index < -0.39 is 0 Å². The van der Waals surface area contributed by atoms with E-state index in [4.69, 9.17) is 4.74 Å². The van der Waals surface area contributed by atoms with Crippen LogP contribution in [0.2, 0.25) is 0 Å². The molecule has 3 rings (SSSR count). The van der Waals surface area contributed by atoms with Crippen LogP contribution in [0.5, 0.6) is 0 Å². The Morgan fingerprint density at radius 3 is 2.50 bits per heavy atom. The fraction of sp³-hybridized carbons (Fsp3) is 0.273. The van der Waals surface area contributed by atoms with Crippen LogP contribution in [-0.2, 0) is 27.3 Å². The normalized spacial score (nSPS) is 10.6. The Labute approximate surface area is 179 Å². The number of esters is 1. The number of hydrogen-bond acceptors (Lipinski definition) is 6. The van der Waals surface area contributed by atoms with Crippen molar-refractivity contribution in [1.29, 1.82) is 0 Å². The van der Waals surface area contributed by atoms with Gasteiger partial charge >= 0.3 is 5.97 Å². The van der Waals surface area contributed by atoms with Crippen molar-refractivity contribution >= 4 is 29.3 Å². The van der Waals surface area contributed by atoms with Crippen molar-refractivity contribution in [1.82, 2.24) is 14.8 Å². The number of aromatic nitrogens is 3. The number of ether oxygens (including phenoxy) is 1. The Kier molecular flexibility index (Phi) is 7.62. The first kappa shape index (κ1) is 21.6. The number of amides is 1. The minimum atomic E-state index is -0.354. The van der Waals surface area contributed by atoms with Gasteiger partial charge in [0.25, 0.3) is 0 Å².